The topological polar surface area (TPSA) is 29.5 Å². The molecular weight excluding hydrogens is 348 g/mol. The van der Waals surface area contributed by atoms with Gasteiger partial charge in [-0.3, -0.25) is 4.79 Å². The number of methoxy groups -OCH3 is 1. The normalized spacial score (nSPS) is 13.5. The summed E-state index contributed by atoms with van der Waals surface area (Å²) >= 11 is 6.27. The van der Waals surface area contributed by atoms with Crippen LogP contribution >= 0.6 is 11.6 Å². The van der Waals surface area contributed by atoms with Gasteiger partial charge in [0.05, 0.1) is 12.8 Å². The molecule has 0 bridgehead atoms. The van der Waals surface area contributed by atoms with E-state index in [0.717, 1.165) is 24.5 Å². The van der Waals surface area contributed by atoms with Crippen LogP contribution in [0.3, 0.4) is 0 Å². The first-order valence-corrected chi connectivity index (χ1v) is 8.49. The molecule has 0 N–H and O–H groups in total. The zero-order valence-corrected chi connectivity index (χ0v) is 14.6. The van der Waals surface area contributed by atoms with Gasteiger partial charge in [-0.25, -0.2) is 8.78 Å². The summed E-state index contributed by atoms with van der Waals surface area (Å²) in [7, 11) is 1.54. The second kappa shape index (κ2) is 7.40. The van der Waals surface area contributed by atoms with Crippen LogP contribution in [0.15, 0.2) is 30.3 Å². The van der Waals surface area contributed by atoms with E-state index in [0.29, 0.717) is 23.0 Å². The molecule has 2 aromatic rings. The minimum atomic E-state index is -0.901. The van der Waals surface area contributed by atoms with Crippen LogP contribution in [0.1, 0.15) is 24.0 Å². The van der Waals surface area contributed by atoms with Gasteiger partial charge in [0.25, 0.3) is 0 Å². The number of anilines is 1. The summed E-state index contributed by atoms with van der Waals surface area (Å²) in [5.74, 6) is -1.37. The van der Waals surface area contributed by atoms with Crippen LogP contribution in [0.25, 0.3) is 0 Å². The van der Waals surface area contributed by atoms with Crippen LogP contribution in [-0.2, 0) is 17.6 Å². The van der Waals surface area contributed by atoms with Crippen molar-refractivity contribution >= 4 is 23.2 Å². The van der Waals surface area contributed by atoms with Gasteiger partial charge < -0.3 is 9.64 Å². The third-order valence-electron chi connectivity index (χ3n) is 4.43. The minimum absolute atomic E-state index is 0.0789. The lowest BCUT2D eigenvalue weighted by atomic mass is 9.99. The van der Waals surface area contributed by atoms with Crippen molar-refractivity contribution in [1.29, 1.82) is 0 Å². The Morgan fingerprint density at radius 2 is 2.08 bits per heavy atom. The molecule has 0 unspecified atom stereocenters. The zero-order chi connectivity index (χ0) is 18.0. The maximum atomic E-state index is 13.8. The van der Waals surface area contributed by atoms with Crippen LogP contribution in [0, 0.1) is 11.6 Å². The van der Waals surface area contributed by atoms with Crippen molar-refractivity contribution in [1.82, 2.24) is 0 Å². The van der Waals surface area contributed by atoms with Gasteiger partial charge in [-0.1, -0.05) is 23.7 Å². The lowest BCUT2D eigenvalue weighted by molar-refractivity contribution is -0.118. The number of nitrogens with zero attached hydrogens (tertiary/aromatic N) is 1. The third-order valence-corrected chi connectivity index (χ3v) is 4.78. The van der Waals surface area contributed by atoms with Gasteiger partial charge in [-0.05, 0) is 48.6 Å². The van der Waals surface area contributed by atoms with Crippen LogP contribution in [0.2, 0.25) is 5.02 Å². The predicted octanol–water partition coefficient (Wildman–Crippen LogP) is 4.54. The molecule has 6 heteroatoms. The number of rotatable bonds is 4. The molecule has 1 aliphatic heterocycles. The molecule has 2 aromatic carbocycles. The van der Waals surface area contributed by atoms with Gasteiger partial charge in [-0.2, -0.15) is 0 Å². The van der Waals surface area contributed by atoms with Crippen molar-refractivity contribution in [2.75, 3.05) is 18.6 Å². The number of halogens is 3. The van der Waals surface area contributed by atoms with E-state index in [-0.39, 0.29) is 24.3 Å². The van der Waals surface area contributed by atoms with E-state index in [1.165, 1.54) is 12.1 Å². The molecule has 0 saturated heterocycles. The van der Waals surface area contributed by atoms with Gasteiger partial charge in [-0.15, -0.1) is 0 Å². The molecule has 1 amide bonds. The van der Waals surface area contributed by atoms with E-state index in [1.54, 1.807) is 24.1 Å². The van der Waals surface area contributed by atoms with E-state index in [4.69, 9.17) is 16.3 Å². The lowest BCUT2D eigenvalue weighted by Gasteiger charge is -2.31. The Balaban J connectivity index is 1.83. The van der Waals surface area contributed by atoms with E-state index in [1.807, 2.05) is 0 Å². The summed E-state index contributed by atoms with van der Waals surface area (Å²) in [4.78, 5) is 14.4. The van der Waals surface area contributed by atoms with Crippen molar-refractivity contribution in [2.24, 2.45) is 0 Å². The monoisotopic (exact) mass is 365 g/mol. The first kappa shape index (κ1) is 17.7. The Morgan fingerprint density at radius 3 is 2.84 bits per heavy atom. The number of amides is 1. The molecule has 1 heterocycles. The Morgan fingerprint density at radius 1 is 1.28 bits per heavy atom. The number of aryl methyl sites for hydroxylation is 1. The first-order valence-electron chi connectivity index (χ1n) is 8.11. The van der Waals surface area contributed by atoms with Crippen LogP contribution in [0.4, 0.5) is 14.5 Å². The predicted molar refractivity (Wildman–Crippen MR) is 93.4 cm³/mol. The number of hydrogen-bond donors (Lipinski definition) is 0. The average molecular weight is 366 g/mol. The highest BCUT2D eigenvalue weighted by Gasteiger charge is 2.27. The molecule has 3 rings (SSSR count). The Bertz CT molecular complexity index is 810. The molecule has 0 aromatic heterocycles. The fraction of sp³-hybridized carbons (Fsp3) is 0.316. The first-order chi connectivity index (χ1) is 12.0. The molecule has 0 spiro atoms. The molecule has 132 valence electrons. The average Bonchev–Trinajstić information content (AvgIpc) is 2.63. The van der Waals surface area contributed by atoms with E-state index in [2.05, 4.69) is 0 Å². The van der Waals surface area contributed by atoms with Gasteiger partial charge in [0, 0.05) is 18.0 Å². The van der Waals surface area contributed by atoms with Crippen molar-refractivity contribution in [3.8, 4) is 5.75 Å². The van der Waals surface area contributed by atoms with Gasteiger partial charge in [0.15, 0.2) is 11.6 Å². The van der Waals surface area contributed by atoms with E-state index >= 15 is 0 Å². The smallest absolute Gasteiger partial charge is 0.227 e. The minimum Gasteiger partial charge on any atom is -0.495 e. The Kier molecular flexibility index (Phi) is 5.23. The number of ether oxygens (including phenoxy) is 1. The van der Waals surface area contributed by atoms with Gasteiger partial charge in [0.2, 0.25) is 5.91 Å². The van der Waals surface area contributed by atoms with E-state index in [9.17, 15) is 13.6 Å². The Labute approximate surface area is 150 Å². The second-order valence-corrected chi connectivity index (χ2v) is 6.35. The van der Waals surface area contributed by atoms with Gasteiger partial charge >= 0.3 is 0 Å². The highest BCUT2D eigenvalue weighted by molar-refractivity contribution is 6.32. The van der Waals surface area contributed by atoms with Crippen LogP contribution < -0.4 is 9.64 Å². The van der Waals surface area contributed by atoms with Crippen molar-refractivity contribution < 1.29 is 18.3 Å². The fourth-order valence-corrected chi connectivity index (χ4v) is 3.43. The molecule has 0 radical (unpaired) electrons. The standard InChI is InChI=1S/C19H18ClF2NO2/c1-25-16-9-8-14(20)13-5-3-11-23(19(13)16)17(24)10-7-12-4-2-6-15(21)18(12)22/h2,4,6,8-9H,3,5,7,10-11H2,1H3. The molecule has 0 aliphatic carbocycles. The molecule has 0 fully saturated rings. The highest BCUT2D eigenvalue weighted by atomic mass is 35.5. The number of carbonyl (C=O) groups is 1. The highest BCUT2D eigenvalue weighted by Crippen LogP contribution is 2.40. The lowest BCUT2D eigenvalue weighted by Crippen LogP contribution is -2.36. The number of carbonyl (C=O) groups excluding carboxylic acids is 1. The summed E-state index contributed by atoms with van der Waals surface area (Å²) in [6.45, 7) is 0.550. The molecule has 25 heavy (non-hydrogen) atoms. The molecule has 0 saturated carbocycles. The molecule has 3 nitrogen and oxygen atoms in total. The molecular formula is C19H18ClF2NO2. The third kappa shape index (κ3) is 3.47. The molecule has 1 aliphatic rings. The van der Waals surface area contributed by atoms with E-state index < -0.39 is 11.6 Å². The second-order valence-electron chi connectivity index (χ2n) is 5.94. The van der Waals surface area contributed by atoms with Crippen molar-refractivity contribution in [3.05, 3.63) is 58.1 Å². The van der Waals surface area contributed by atoms with Gasteiger partial charge in [0.1, 0.15) is 5.75 Å². The quantitative estimate of drug-likeness (QED) is 0.796. The van der Waals surface area contributed by atoms with Crippen LogP contribution in [0.5, 0.6) is 5.75 Å². The van der Waals surface area contributed by atoms with Crippen LogP contribution in [-0.4, -0.2) is 19.6 Å². The Hall–Kier alpha value is -2.14. The zero-order valence-electron chi connectivity index (χ0n) is 13.8. The summed E-state index contributed by atoms with van der Waals surface area (Å²) in [6.07, 6.45) is 1.78. The maximum absolute atomic E-state index is 13.8. The summed E-state index contributed by atoms with van der Waals surface area (Å²) in [5.41, 5.74) is 1.77. The number of hydrogen-bond acceptors (Lipinski definition) is 2. The largest absolute Gasteiger partial charge is 0.495 e. The summed E-state index contributed by atoms with van der Waals surface area (Å²) in [5, 5.41) is 0.601. The maximum Gasteiger partial charge on any atom is 0.227 e. The summed E-state index contributed by atoms with van der Waals surface area (Å²) < 4.78 is 32.4. The SMILES string of the molecule is COc1ccc(Cl)c2c1N(C(=O)CCc1cccc(F)c1F)CCC2. The van der Waals surface area contributed by atoms with Crippen molar-refractivity contribution in [2.45, 2.75) is 25.7 Å². The fourth-order valence-electron chi connectivity index (χ4n) is 3.18. The summed E-state index contributed by atoms with van der Waals surface area (Å²) in [6, 6.07) is 7.49. The number of benzene rings is 2. The number of fused-ring (bicyclic) bond motifs is 1. The molecule has 0 atom stereocenters. The van der Waals surface area contributed by atoms with Crippen molar-refractivity contribution in [3.63, 3.8) is 0 Å².